The maximum atomic E-state index is 13.1. The van der Waals surface area contributed by atoms with Crippen LogP contribution < -0.4 is 16.4 Å². The number of carbonyl (C=O) groups excluding carboxylic acids is 4. The number of amidine groups is 1. The number of nitrogens with zero attached hydrogens (tertiary/aromatic N) is 3. The first-order chi connectivity index (χ1) is 17.9. The molecule has 0 bridgehead atoms. The predicted octanol–water partition coefficient (Wildman–Crippen LogP) is -0.223. The largest absolute Gasteiger partial charge is 0.477 e. The quantitative estimate of drug-likeness (QED) is 0.0457. The summed E-state index contributed by atoms with van der Waals surface area (Å²) in [6.07, 6.45) is -0.00611. The molecule has 3 rings (SSSR count). The van der Waals surface area contributed by atoms with Crippen LogP contribution in [0.2, 0.25) is 0 Å². The molecule has 202 valence electrons. The first-order valence-corrected chi connectivity index (χ1v) is 12.9. The third kappa shape index (κ3) is 6.69. The zero-order valence-corrected chi connectivity index (χ0v) is 22.3. The smallest absolute Gasteiger partial charge is 0.352 e. The lowest BCUT2D eigenvalue weighted by Crippen LogP contribution is -2.71. The molecule has 1 saturated heterocycles. The fourth-order valence-corrected chi connectivity index (χ4v) is 5.65. The van der Waals surface area contributed by atoms with Gasteiger partial charge in [-0.2, -0.15) is 0 Å². The standard InChI is InChI=1S/C20H21N7O8S3/c1-7(28)34-4-9-5-37-18-14(17(31)27(18)15(9)19(32)33)25-16(30)13(26-35-8(2)29)10-6-38-20(23-10)24-12(36)3-11(21)22/h6,14,18H,3-5H2,1-2H3,(H3,21,22)(H,25,30)(H,32,33)(H,23,24,36)/t14?,18-/m1/s1. The topological polar surface area (TPSA) is 226 Å². The zero-order valence-electron chi connectivity index (χ0n) is 19.8. The molecule has 6 N–H and O–H groups in total. The zero-order chi connectivity index (χ0) is 28.1. The molecule has 2 aliphatic heterocycles. The maximum absolute atomic E-state index is 13.1. The molecule has 1 fully saturated rings. The number of esters is 1. The minimum atomic E-state index is -1.38. The van der Waals surface area contributed by atoms with E-state index in [0.29, 0.717) is 0 Å². The number of β-lactam (4-membered cyclic amide) rings is 1. The summed E-state index contributed by atoms with van der Waals surface area (Å²) in [5, 5.41) is 26.7. The lowest BCUT2D eigenvalue weighted by molar-refractivity contribution is -0.150. The highest BCUT2D eigenvalue weighted by atomic mass is 32.2. The van der Waals surface area contributed by atoms with E-state index in [1.54, 1.807) is 0 Å². The number of rotatable bonds is 10. The molecular weight excluding hydrogens is 562 g/mol. The van der Waals surface area contributed by atoms with E-state index in [-0.39, 0.29) is 51.7 Å². The van der Waals surface area contributed by atoms with Gasteiger partial charge in [0.2, 0.25) is 0 Å². The lowest BCUT2D eigenvalue weighted by atomic mass is 10.0. The number of thioether (sulfide) groups is 1. The molecule has 2 atom stereocenters. The predicted molar refractivity (Wildman–Crippen MR) is 139 cm³/mol. The molecule has 0 saturated carbocycles. The number of carboxylic acid groups (broad SMARTS) is 1. The second-order valence-corrected chi connectivity index (χ2v) is 10.2. The van der Waals surface area contributed by atoms with Crippen LogP contribution in [0.1, 0.15) is 26.0 Å². The molecule has 38 heavy (non-hydrogen) atoms. The summed E-state index contributed by atoms with van der Waals surface area (Å²) in [6.45, 7) is 1.97. The van der Waals surface area contributed by atoms with E-state index in [9.17, 15) is 29.1 Å². The van der Waals surface area contributed by atoms with Crippen LogP contribution in [0.25, 0.3) is 0 Å². The van der Waals surface area contributed by atoms with Gasteiger partial charge < -0.3 is 31.0 Å². The van der Waals surface area contributed by atoms with Gasteiger partial charge in [0.05, 0.1) is 17.2 Å². The van der Waals surface area contributed by atoms with Crippen LogP contribution in [0.5, 0.6) is 0 Å². The van der Waals surface area contributed by atoms with Crippen molar-refractivity contribution in [1.29, 1.82) is 5.41 Å². The number of thiazole rings is 1. The van der Waals surface area contributed by atoms with Crippen molar-refractivity contribution in [1.82, 2.24) is 15.2 Å². The molecule has 0 aliphatic carbocycles. The molecule has 1 unspecified atom stereocenters. The van der Waals surface area contributed by atoms with Crippen molar-refractivity contribution in [2.24, 2.45) is 10.9 Å². The molecule has 1 aromatic heterocycles. The Bertz CT molecular complexity index is 1290. The Morgan fingerprint density at radius 3 is 2.66 bits per heavy atom. The van der Waals surface area contributed by atoms with Crippen molar-refractivity contribution in [2.75, 3.05) is 17.7 Å². The van der Waals surface area contributed by atoms with Crippen LogP contribution in [0.3, 0.4) is 0 Å². The number of anilines is 1. The first-order valence-electron chi connectivity index (χ1n) is 10.6. The number of carbonyl (C=O) groups is 5. The van der Waals surface area contributed by atoms with Crippen molar-refractivity contribution in [3.05, 3.63) is 22.3 Å². The average molecular weight is 584 g/mol. The van der Waals surface area contributed by atoms with E-state index < -0.39 is 46.8 Å². The van der Waals surface area contributed by atoms with Gasteiger partial charge in [-0.25, -0.2) is 14.6 Å². The molecule has 2 amide bonds. The number of ether oxygens (including phenoxy) is 1. The Hall–Kier alpha value is -3.90. The highest BCUT2D eigenvalue weighted by Gasteiger charge is 2.54. The van der Waals surface area contributed by atoms with Gasteiger partial charge in [-0.05, 0) is 0 Å². The van der Waals surface area contributed by atoms with Gasteiger partial charge in [0, 0.05) is 30.6 Å². The second-order valence-electron chi connectivity index (χ2n) is 7.71. The molecule has 15 nitrogen and oxygen atoms in total. The highest BCUT2D eigenvalue weighted by Crippen LogP contribution is 2.40. The number of carboxylic acids is 1. The third-order valence-electron chi connectivity index (χ3n) is 4.81. The third-order valence-corrected chi connectivity index (χ3v) is 7.15. The van der Waals surface area contributed by atoms with Crippen molar-refractivity contribution >= 4 is 86.7 Å². The van der Waals surface area contributed by atoms with Gasteiger partial charge >= 0.3 is 17.9 Å². The van der Waals surface area contributed by atoms with Gasteiger partial charge in [-0.3, -0.25) is 24.7 Å². The van der Waals surface area contributed by atoms with Gasteiger partial charge in [0.1, 0.15) is 29.4 Å². The van der Waals surface area contributed by atoms with Crippen LogP contribution in [-0.2, 0) is 33.5 Å². The fraction of sp³-hybridized carbons (Fsp3) is 0.350. The Kier molecular flexibility index (Phi) is 9.13. The summed E-state index contributed by atoms with van der Waals surface area (Å²) in [4.78, 5) is 70.3. The number of thiocarbonyl (C=S) groups is 1. The van der Waals surface area contributed by atoms with Crippen LogP contribution in [0.15, 0.2) is 21.8 Å². The van der Waals surface area contributed by atoms with E-state index in [1.165, 1.54) is 24.1 Å². The number of nitrogens with one attached hydrogen (secondary N) is 3. The lowest BCUT2D eigenvalue weighted by Gasteiger charge is -2.49. The number of hydrogen-bond acceptors (Lipinski definition) is 13. The summed E-state index contributed by atoms with van der Waals surface area (Å²) in [5.74, 6) is -4.40. The maximum Gasteiger partial charge on any atom is 0.352 e. The summed E-state index contributed by atoms with van der Waals surface area (Å²) in [7, 11) is 0. The molecule has 2 aliphatic rings. The first kappa shape index (κ1) is 28.7. The number of amides is 2. The van der Waals surface area contributed by atoms with Crippen molar-refractivity contribution in [3.63, 3.8) is 0 Å². The Morgan fingerprint density at radius 1 is 1.34 bits per heavy atom. The molecule has 3 heterocycles. The summed E-state index contributed by atoms with van der Waals surface area (Å²) >= 11 is 7.30. The monoisotopic (exact) mass is 583 g/mol. The van der Waals surface area contributed by atoms with Crippen LogP contribution in [0, 0.1) is 5.41 Å². The van der Waals surface area contributed by atoms with E-state index in [4.69, 9.17) is 28.1 Å². The number of fused-ring (bicyclic) bond motifs is 1. The van der Waals surface area contributed by atoms with Crippen LogP contribution >= 0.6 is 35.3 Å². The average Bonchev–Trinajstić information content (AvgIpc) is 3.27. The Labute approximate surface area is 228 Å². The summed E-state index contributed by atoms with van der Waals surface area (Å²) in [6, 6.07) is -1.11. The van der Waals surface area contributed by atoms with Gasteiger partial charge in [-0.15, -0.1) is 23.1 Å². The number of aliphatic carboxylic acids is 1. The molecule has 0 radical (unpaired) electrons. The normalized spacial score (nSPS) is 18.6. The number of hydrogen-bond donors (Lipinski definition) is 5. The number of oxime groups is 1. The number of aromatic nitrogens is 1. The second kappa shape index (κ2) is 12.1. The van der Waals surface area contributed by atoms with Crippen molar-refractivity contribution < 1.29 is 38.7 Å². The summed E-state index contributed by atoms with van der Waals surface area (Å²) in [5.41, 5.74) is 4.84. The fourth-order valence-electron chi connectivity index (χ4n) is 3.28. The minimum Gasteiger partial charge on any atom is -0.477 e. The highest BCUT2D eigenvalue weighted by molar-refractivity contribution is 8.00. The van der Waals surface area contributed by atoms with Gasteiger partial charge in [0.15, 0.2) is 10.8 Å². The van der Waals surface area contributed by atoms with Gasteiger partial charge in [0.25, 0.3) is 11.8 Å². The van der Waals surface area contributed by atoms with Crippen LogP contribution in [-0.4, -0.2) is 85.0 Å². The minimum absolute atomic E-state index is 0.00316. The van der Waals surface area contributed by atoms with E-state index in [1.807, 2.05) is 0 Å². The molecule has 1 aromatic rings. The SMILES string of the molecule is CC(=O)OCC1=C(C(=O)O)N2C(=O)C(NC(=O)C(=NOC(C)=O)c3csc(NC(=S)CC(=N)N)n3)[C@H]2SC1. The van der Waals surface area contributed by atoms with E-state index in [0.717, 1.165) is 23.2 Å². The van der Waals surface area contributed by atoms with Crippen molar-refractivity contribution in [3.8, 4) is 0 Å². The summed E-state index contributed by atoms with van der Waals surface area (Å²) < 4.78 is 4.89. The molecule has 0 aromatic carbocycles. The molecule has 18 heteroatoms. The molecule has 0 spiro atoms. The van der Waals surface area contributed by atoms with E-state index >= 15 is 0 Å². The van der Waals surface area contributed by atoms with Crippen LogP contribution in [0.4, 0.5) is 5.13 Å². The Balaban J connectivity index is 1.78. The number of nitrogens with two attached hydrogens (primary N) is 1. The Morgan fingerprint density at radius 2 is 2.05 bits per heavy atom. The van der Waals surface area contributed by atoms with Gasteiger partial charge in [-0.1, -0.05) is 17.4 Å². The van der Waals surface area contributed by atoms with E-state index in [2.05, 4.69) is 25.6 Å². The molecular formula is C20H21N7O8S3. The van der Waals surface area contributed by atoms with Crippen molar-refractivity contribution in [2.45, 2.75) is 31.7 Å².